The van der Waals surface area contributed by atoms with E-state index in [9.17, 15) is 10.1 Å². The van der Waals surface area contributed by atoms with Crippen molar-refractivity contribution >= 4 is 11.6 Å². The number of aryl methyl sites for hydroxylation is 1. The summed E-state index contributed by atoms with van der Waals surface area (Å²) in [4.78, 5) is 13.8. The highest BCUT2D eigenvalue weighted by Crippen LogP contribution is 2.33. The lowest BCUT2D eigenvalue weighted by atomic mass is 9.93. The van der Waals surface area contributed by atoms with Gasteiger partial charge in [-0.25, -0.2) is 0 Å². The molecular formula is C15H19N3O. The number of nitriles is 1. The molecule has 0 atom stereocenters. The van der Waals surface area contributed by atoms with Crippen molar-refractivity contribution in [3.8, 4) is 6.07 Å². The normalized spacial score (nSPS) is 15.1. The molecule has 0 saturated carbocycles. The summed E-state index contributed by atoms with van der Waals surface area (Å²) < 4.78 is 0. The zero-order valence-corrected chi connectivity index (χ0v) is 11.7. The Balaban J connectivity index is 2.46. The summed E-state index contributed by atoms with van der Waals surface area (Å²) in [6.45, 7) is 4.37. The van der Waals surface area contributed by atoms with Gasteiger partial charge >= 0.3 is 0 Å². The highest BCUT2D eigenvalue weighted by molar-refractivity contribution is 5.98. The van der Waals surface area contributed by atoms with Crippen LogP contribution in [0.2, 0.25) is 0 Å². The van der Waals surface area contributed by atoms with E-state index in [0.717, 1.165) is 24.2 Å². The van der Waals surface area contributed by atoms with Gasteiger partial charge in [-0.1, -0.05) is 12.1 Å². The molecule has 1 aromatic rings. The van der Waals surface area contributed by atoms with Crippen LogP contribution in [-0.4, -0.2) is 18.5 Å². The Kier molecular flexibility index (Phi) is 3.59. The van der Waals surface area contributed by atoms with E-state index >= 15 is 0 Å². The molecule has 1 aromatic carbocycles. The predicted octanol–water partition coefficient (Wildman–Crippen LogP) is 1.99. The second kappa shape index (κ2) is 5.02. The van der Waals surface area contributed by atoms with Gasteiger partial charge in [0.1, 0.15) is 5.54 Å². The number of anilines is 1. The minimum Gasteiger partial charge on any atom is -0.316 e. The number of carbonyl (C=O) groups is 1. The van der Waals surface area contributed by atoms with Crippen LogP contribution >= 0.6 is 0 Å². The Morgan fingerprint density at radius 1 is 1.42 bits per heavy atom. The molecule has 0 aliphatic carbocycles. The Hall–Kier alpha value is -1.86. The lowest BCUT2D eigenvalue weighted by Gasteiger charge is -2.37. The Labute approximate surface area is 114 Å². The van der Waals surface area contributed by atoms with Crippen molar-refractivity contribution in [1.82, 2.24) is 5.32 Å². The van der Waals surface area contributed by atoms with E-state index in [4.69, 9.17) is 0 Å². The lowest BCUT2D eigenvalue weighted by molar-refractivity contribution is -0.119. The summed E-state index contributed by atoms with van der Waals surface area (Å²) in [5.74, 6) is 0.0282. The van der Waals surface area contributed by atoms with Crippen LogP contribution in [0.4, 0.5) is 5.69 Å². The molecule has 0 saturated heterocycles. The van der Waals surface area contributed by atoms with E-state index in [-0.39, 0.29) is 5.91 Å². The molecular weight excluding hydrogens is 238 g/mol. The zero-order valence-electron chi connectivity index (χ0n) is 11.7. The van der Waals surface area contributed by atoms with Gasteiger partial charge in [-0.05, 0) is 44.5 Å². The molecule has 0 aromatic heterocycles. The van der Waals surface area contributed by atoms with Gasteiger partial charge in [-0.2, -0.15) is 5.26 Å². The maximum Gasteiger partial charge on any atom is 0.228 e. The molecule has 0 unspecified atom stereocenters. The van der Waals surface area contributed by atoms with E-state index in [1.165, 1.54) is 5.56 Å². The van der Waals surface area contributed by atoms with Crippen LogP contribution in [0.1, 0.15) is 31.4 Å². The first kappa shape index (κ1) is 13.6. The molecule has 1 aliphatic heterocycles. The molecule has 4 nitrogen and oxygen atoms in total. The van der Waals surface area contributed by atoms with Crippen molar-refractivity contribution in [2.24, 2.45) is 0 Å². The van der Waals surface area contributed by atoms with E-state index in [2.05, 4.69) is 17.5 Å². The quantitative estimate of drug-likeness (QED) is 0.901. The minimum atomic E-state index is -0.809. The summed E-state index contributed by atoms with van der Waals surface area (Å²) in [6, 6.07) is 8.30. The third-order valence-electron chi connectivity index (χ3n) is 3.46. The summed E-state index contributed by atoms with van der Waals surface area (Å²) in [5.41, 5.74) is 2.42. The van der Waals surface area contributed by atoms with Crippen molar-refractivity contribution in [1.29, 1.82) is 5.26 Å². The third kappa shape index (κ3) is 2.47. The van der Waals surface area contributed by atoms with Crippen LogP contribution in [0.25, 0.3) is 0 Å². The maximum absolute atomic E-state index is 12.1. The lowest BCUT2D eigenvalue weighted by Crippen LogP contribution is -2.49. The number of nitrogens with zero attached hydrogens (tertiary/aromatic N) is 2. The van der Waals surface area contributed by atoms with Gasteiger partial charge < -0.3 is 5.32 Å². The van der Waals surface area contributed by atoms with Crippen molar-refractivity contribution in [2.45, 2.75) is 38.8 Å². The van der Waals surface area contributed by atoms with E-state index in [1.54, 1.807) is 18.7 Å². The van der Waals surface area contributed by atoms with Crippen molar-refractivity contribution < 1.29 is 4.79 Å². The van der Waals surface area contributed by atoms with Gasteiger partial charge in [-0.3, -0.25) is 9.69 Å². The molecule has 100 valence electrons. The number of fused-ring (bicyclic) bond motifs is 1. The SMILES string of the molecule is CNCc1ccc2c(c1)CCC(=O)N2C(C)(C)C#N. The van der Waals surface area contributed by atoms with Gasteiger partial charge in [0.05, 0.1) is 6.07 Å². The Morgan fingerprint density at radius 3 is 2.79 bits per heavy atom. The Bertz CT molecular complexity index is 543. The first-order chi connectivity index (χ1) is 8.99. The number of benzene rings is 1. The van der Waals surface area contributed by atoms with Crippen LogP contribution in [0.3, 0.4) is 0 Å². The molecule has 0 spiro atoms. The number of rotatable bonds is 3. The fourth-order valence-corrected chi connectivity index (χ4v) is 2.52. The minimum absolute atomic E-state index is 0.0282. The largest absolute Gasteiger partial charge is 0.316 e. The summed E-state index contributed by atoms with van der Waals surface area (Å²) in [5, 5.41) is 12.4. The van der Waals surface area contributed by atoms with Crippen molar-refractivity contribution in [3.63, 3.8) is 0 Å². The number of nitrogens with one attached hydrogen (secondary N) is 1. The molecule has 1 aliphatic rings. The molecule has 0 bridgehead atoms. The monoisotopic (exact) mass is 257 g/mol. The smallest absolute Gasteiger partial charge is 0.228 e. The fraction of sp³-hybridized carbons (Fsp3) is 0.467. The van der Waals surface area contributed by atoms with Crippen LogP contribution in [0, 0.1) is 11.3 Å². The van der Waals surface area contributed by atoms with Gasteiger partial charge in [0, 0.05) is 18.7 Å². The van der Waals surface area contributed by atoms with Gasteiger partial charge in [0.25, 0.3) is 0 Å². The van der Waals surface area contributed by atoms with E-state index in [0.29, 0.717) is 6.42 Å². The molecule has 0 radical (unpaired) electrons. The second-order valence-electron chi connectivity index (χ2n) is 5.39. The first-order valence-electron chi connectivity index (χ1n) is 6.50. The second-order valence-corrected chi connectivity index (χ2v) is 5.39. The van der Waals surface area contributed by atoms with Crippen molar-refractivity contribution in [3.05, 3.63) is 29.3 Å². The van der Waals surface area contributed by atoms with E-state index < -0.39 is 5.54 Å². The number of carbonyl (C=O) groups excluding carboxylic acids is 1. The van der Waals surface area contributed by atoms with Crippen molar-refractivity contribution in [2.75, 3.05) is 11.9 Å². The van der Waals surface area contributed by atoms with Gasteiger partial charge in [-0.15, -0.1) is 0 Å². The third-order valence-corrected chi connectivity index (χ3v) is 3.46. The van der Waals surface area contributed by atoms with Crippen LogP contribution in [-0.2, 0) is 17.8 Å². The Morgan fingerprint density at radius 2 is 2.16 bits per heavy atom. The molecule has 1 N–H and O–H groups in total. The molecule has 1 amide bonds. The number of hydrogen-bond donors (Lipinski definition) is 1. The standard InChI is InChI=1S/C15H19N3O/c1-15(2,10-16)18-13-6-4-11(9-17-3)8-12(13)5-7-14(18)19/h4,6,8,17H,5,7,9H2,1-3H3. The highest BCUT2D eigenvalue weighted by Gasteiger charge is 2.35. The zero-order chi connectivity index (χ0) is 14.0. The summed E-state index contributed by atoms with van der Waals surface area (Å²) >= 11 is 0. The molecule has 1 heterocycles. The topological polar surface area (TPSA) is 56.1 Å². The average molecular weight is 257 g/mol. The maximum atomic E-state index is 12.1. The highest BCUT2D eigenvalue weighted by atomic mass is 16.2. The van der Waals surface area contributed by atoms with Crippen LogP contribution < -0.4 is 10.2 Å². The van der Waals surface area contributed by atoms with Crippen LogP contribution in [0.5, 0.6) is 0 Å². The van der Waals surface area contributed by atoms with E-state index in [1.807, 2.05) is 19.2 Å². The first-order valence-corrected chi connectivity index (χ1v) is 6.50. The molecule has 2 rings (SSSR count). The molecule has 4 heteroatoms. The fourth-order valence-electron chi connectivity index (χ4n) is 2.52. The van der Waals surface area contributed by atoms with Gasteiger partial charge in [0.2, 0.25) is 5.91 Å². The van der Waals surface area contributed by atoms with Crippen LogP contribution in [0.15, 0.2) is 18.2 Å². The summed E-state index contributed by atoms with van der Waals surface area (Å²) in [7, 11) is 1.91. The van der Waals surface area contributed by atoms with Gasteiger partial charge in [0.15, 0.2) is 0 Å². The molecule has 0 fully saturated rings. The predicted molar refractivity (Wildman–Crippen MR) is 74.7 cm³/mol. The number of amides is 1. The summed E-state index contributed by atoms with van der Waals surface area (Å²) in [6.07, 6.45) is 1.23. The molecule has 19 heavy (non-hydrogen) atoms. The average Bonchev–Trinajstić information content (AvgIpc) is 2.39. The number of hydrogen-bond acceptors (Lipinski definition) is 3.